The number of hydrogen-bond donors (Lipinski definition) is 1. The highest BCUT2D eigenvalue weighted by atomic mass is 32.1. The highest BCUT2D eigenvalue weighted by Gasteiger charge is 2.26. The maximum Gasteiger partial charge on any atom is 0.372 e. The van der Waals surface area contributed by atoms with Crippen LogP contribution in [0.3, 0.4) is 0 Å². The SMILES string of the molecule is CC(Nc1nc2sccn2c1[N+](=O)[O-])c1noc(-c2ccccc2)n1. The zero-order valence-corrected chi connectivity index (χ0v) is 13.8. The Kier molecular flexibility index (Phi) is 3.65. The van der Waals surface area contributed by atoms with E-state index < -0.39 is 11.0 Å². The Morgan fingerprint density at radius 2 is 2.12 bits per heavy atom. The second kappa shape index (κ2) is 5.98. The predicted octanol–water partition coefficient (Wildman–Crippen LogP) is 3.53. The fourth-order valence-corrected chi connectivity index (χ4v) is 3.13. The van der Waals surface area contributed by atoms with Gasteiger partial charge in [-0.25, -0.2) is 0 Å². The molecule has 1 N–H and O–H groups in total. The number of hydrogen-bond acceptors (Lipinski definition) is 8. The topological polar surface area (TPSA) is 111 Å². The average Bonchev–Trinajstić information content (AvgIpc) is 3.30. The summed E-state index contributed by atoms with van der Waals surface area (Å²) < 4.78 is 6.71. The van der Waals surface area contributed by atoms with E-state index in [4.69, 9.17) is 4.52 Å². The van der Waals surface area contributed by atoms with Crippen molar-refractivity contribution in [1.82, 2.24) is 19.5 Å². The molecule has 0 spiro atoms. The third kappa shape index (κ3) is 2.72. The molecule has 10 heteroatoms. The lowest BCUT2D eigenvalue weighted by molar-refractivity contribution is -0.389. The maximum absolute atomic E-state index is 11.4. The van der Waals surface area contributed by atoms with E-state index in [9.17, 15) is 10.1 Å². The van der Waals surface area contributed by atoms with Gasteiger partial charge in [0.05, 0.1) is 6.04 Å². The Morgan fingerprint density at radius 3 is 2.88 bits per heavy atom. The monoisotopic (exact) mass is 356 g/mol. The lowest BCUT2D eigenvalue weighted by Crippen LogP contribution is -2.10. The van der Waals surface area contributed by atoms with Crippen LogP contribution < -0.4 is 5.32 Å². The zero-order chi connectivity index (χ0) is 17.4. The van der Waals surface area contributed by atoms with Crippen molar-refractivity contribution in [3.05, 3.63) is 57.8 Å². The van der Waals surface area contributed by atoms with Crippen LogP contribution in [0.2, 0.25) is 0 Å². The van der Waals surface area contributed by atoms with Crippen LogP contribution >= 0.6 is 11.3 Å². The Morgan fingerprint density at radius 1 is 1.32 bits per heavy atom. The van der Waals surface area contributed by atoms with Crippen molar-refractivity contribution in [2.45, 2.75) is 13.0 Å². The minimum atomic E-state index is -0.465. The number of fused-ring (bicyclic) bond motifs is 1. The van der Waals surface area contributed by atoms with Crippen molar-refractivity contribution in [2.75, 3.05) is 5.32 Å². The highest BCUT2D eigenvalue weighted by Crippen LogP contribution is 2.30. The summed E-state index contributed by atoms with van der Waals surface area (Å²) in [7, 11) is 0. The van der Waals surface area contributed by atoms with Crippen LogP contribution in [-0.4, -0.2) is 24.4 Å². The molecule has 1 atom stereocenters. The number of benzene rings is 1. The van der Waals surface area contributed by atoms with Crippen molar-refractivity contribution in [1.29, 1.82) is 0 Å². The molecule has 4 aromatic rings. The van der Waals surface area contributed by atoms with Crippen LogP contribution in [0, 0.1) is 10.1 Å². The zero-order valence-electron chi connectivity index (χ0n) is 13.0. The van der Waals surface area contributed by atoms with E-state index in [0.717, 1.165) is 5.56 Å². The summed E-state index contributed by atoms with van der Waals surface area (Å²) in [6.07, 6.45) is 1.61. The van der Waals surface area contributed by atoms with Crippen LogP contribution in [0.25, 0.3) is 16.4 Å². The van der Waals surface area contributed by atoms with Crippen molar-refractivity contribution in [2.24, 2.45) is 0 Å². The van der Waals surface area contributed by atoms with E-state index in [0.29, 0.717) is 16.7 Å². The standard InChI is InChI=1S/C15H12N6O3S/c1-9(11-17-13(24-19-11)10-5-3-2-4-6-10)16-12-14(21(22)23)20-7-8-25-15(20)18-12/h2-9,16H,1H3. The quantitative estimate of drug-likeness (QED) is 0.430. The first-order chi connectivity index (χ1) is 12.1. The number of aromatic nitrogens is 4. The summed E-state index contributed by atoms with van der Waals surface area (Å²) in [5.74, 6) is 0.847. The van der Waals surface area contributed by atoms with Gasteiger partial charge in [-0.3, -0.25) is 0 Å². The molecular formula is C15H12N6O3S. The first-order valence-corrected chi connectivity index (χ1v) is 8.27. The molecule has 9 nitrogen and oxygen atoms in total. The van der Waals surface area contributed by atoms with Gasteiger partial charge in [0.25, 0.3) is 10.9 Å². The minimum Gasteiger partial charge on any atom is -0.358 e. The molecule has 1 aromatic carbocycles. The van der Waals surface area contributed by atoms with Gasteiger partial charge in [-0.2, -0.15) is 14.4 Å². The van der Waals surface area contributed by atoms with Crippen LogP contribution in [-0.2, 0) is 0 Å². The van der Waals surface area contributed by atoms with Crippen LogP contribution in [0.15, 0.2) is 46.4 Å². The summed E-state index contributed by atoms with van der Waals surface area (Å²) in [5, 5.41) is 20.1. The third-order valence-corrected chi connectivity index (χ3v) is 4.37. The molecule has 25 heavy (non-hydrogen) atoms. The minimum absolute atomic E-state index is 0.116. The van der Waals surface area contributed by atoms with Crippen molar-refractivity contribution in [3.8, 4) is 11.5 Å². The first-order valence-electron chi connectivity index (χ1n) is 7.39. The molecule has 0 aliphatic carbocycles. The molecule has 0 saturated heterocycles. The lowest BCUT2D eigenvalue weighted by atomic mass is 10.2. The first kappa shape index (κ1) is 15.3. The number of rotatable bonds is 5. The van der Waals surface area contributed by atoms with Crippen LogP contribution in [0.5, 0.6) is 0 Å². The van der Waals surface area contributed by atoms with E-state index in [1.54, 1.807) is 18.5 Å². The Hall–Kier alpha value is -3.27. The molecule has 0 radical (unpaired) electrons. The summed E-state index contributed by atoms with van der Waals surface area (Å²) in [5.41, 5.74) is 0.807. The predicted molar refractivity (Wildman–Crippen MR) is 91.5 cm³/mol. The van der Waals surface area contributed by atoms with E-state index in [1.807, 2.05) is 30.3 Å². The number of thiazole rings is 1. The molecule has 4 rings (SSSR count). The summed E-state index contributed by atoms with van der Waals surface area (Å²) >= 11 is 1.32. The Labute approximate surface area is 145 Å². The van der Waals surface area contributed by atoms with Crippen molar-refractivity contribution in [3.63, 3.8) is 0 Å². The fourth-order valence-electron chi connectivity index (χ4n) is 2.42. The van der Waals surface area contributed by atoms with Crippen molar-refractivity contribution >= 4 is 27.9 Å². The average molecular weight is 356 g/mol. The number of nitro groups is 1. The van der Waals surface area contributed by atoms with E-state index in [2.05, 4.69) is 20.4 Å². The number of nitrogens with one attached hydrogen (secondary N) is 1. The molecule has 0 saturated carbocycles. The molecule has 0 amide bonds. The maximum atomic E-state index is 11.4. The highest BCUT2D eigenvalue weighted by molar-refractivity contribution is 7.15. The molecule has 1 unspecified atom stereocenters. The summed E-state index contributed by atoms with van der Waals surface area (Å²) in [6.45, 7) is 1.79. The lowest BCUT2D eigenvalue weighted by Gasteiger charge is -2.08. The normalized spacial score (nSPS) is 12.4. The largest absolute Gasteiger partial charge is 0.372 e. The van der Waals surface area contributed by atoms with Crippen LogP contribution in [0.4, 0.5) is 11.6 Å². The summed E-state index contributed by atoms with van der Waals surface area (Å²) in [4.78, 5) is 20.1. The third-order valence-electron chi connectivity index (χ3n) is 3.61. The van der Waals surface area contributed by atoms with E-state index in [1.165, 1.54) is 15.7 Å². The second-order valence-electron chi connectivity index (χ2n) is 5.29. The molecular weight excluding hydrogens is 344 g/mol. The van der Waals surface area contributed by atoms with Gasteiger partial charge in [0.2, 0.25) is 5.82 Å². The molecule has 0 fully saturated rings. The van der Waals surface area contributed by atoms with Gasteiger partial charge in [0.15, 0.2) is 5.82 Å². The van der Waals surface area contributed by atoms with Gasteiger partial charge >= 0.3 is 5.82 Å². The summed E-state index contributed by atoms with van der Waals surface area (Å²) in [6, 6.07) is 8.97. The molecule has 3 heterocycles. The van der Waals surface area contributed by atoms with Gasteiger partial charge < -0.3 is 20.0 Å². The van der Waals surface area contributed by atoms with Gasteiger partial charge in [-0.05, 0) is 24.0 Å². The van der Waals surface area contributed by atoms with Gasteiger partial charge in [-0.15, -0.1) is 0 Å². The smallest absolute Gasteiger partial charge is 0.358 e. The Bertz CT molecular complexity index is 1040. The number of anilines is 1. The van der Waals surface area contributed by atoms with E-state index in [-0.39, 0.29) is 11.6 Å². The van der Waals surface area contributed by atoms with Crippen LogP contribution in [0.1, 0.15) is 18.8 Å². The molecule has 0 aliphatic rings. The molecule has 0 bridgehead atoms. The van der Waals surface area contributed by atoms with Gasteiger partial charge in [0, 0.05) is 10.9 Å². The number of nitrogens with zero attached hydrogens (tertiary/aromatic N) is 5. The second-order valence-corrected chi connectivity index (χ2v) is 6.16. The molecule has 0 aliphatic heterocycles. The van der Waals surface area contributed by atoms with E-state index >= 15 is 0 Å². The Balaban J connectivity index is 1.62. The number of imidazole rings is 1. The molecule has 126 valence electrons. The fraction of sp³-hybridized carbons (Fsp3) is 0.133. The van der Waals surface area contributed by atoms with Gasteiger partial charge in [0.1, 0.15) is 6.20 Å². The molecule has 3 aromatic heterocycles. The van der Waals surface area contributed by atoms with Gasteiger partial charge in [-0.1, -0.05) is 34.7 Å². The van der Waals surface area contributed by atoms with Crippen molar-refractivity contribution < 1.29 is 9.45 Å².